The molecule has 0 aliphatic carbocycles. The lowest BCUT2D eigenvalue weighted by atomic mass is 10.00. The van der Waals surface area contributed by atoms with Crippen molar-refractivity contribution in [1.29, 1.82) is 0 Å². The second kappa shape index (κ2) is 5.44. The number of aromatic hydroxyl groups is 1. The van der Waals surface area contributed by atoms with Gasteiger partial charge >= 0.3 is 6.03 Å². The number of nitrogens with one attached hydrogen (secondary N) is 1. The Kier molecular flexibility index (Phi) is 3.48. The predicted octanol–water partition coefficient (Wildman–Crippen LogP) is 3.12. The van der Waals surface area contributed by atoms with Gasteiger partial charge in [0.2, 0.25) is 0 Å². The number of phenols is 1. The number of urea groups is 1. The normalized spacial score (nSPS) is 13.7. The van der Waals surface area contributed by atoms with Crippen molar-refractivity contribution in [3.8, 4) is 5.75 Å². The molecule has 2 amide bonds. The Morgan fingerprint density at radius 1 is 1.19 bits per heavy atom. The van der Waals surface area contributed by atoms with Gasteiger partial charge in [0.1, 0.15) is 11.6 Å². The highest BCUT2D eigenvalue weighted by Crippen LogP contribution is 2.23. The fraction of sp³-hybridized carbons (Fsp3) is 0.188. The van der Waals surface area contributed by atoms with E-state index in [1.165, 1.54) is 12.1 Å². The van der Waals surface area contributed by atoms with Crippen LogP contribution in [0.15, 0.2) is 42.5 Å². The fourth-order valence-corrected chi connectivity index (χ4v) is 2.49. The van der Waals surface area contributed by atoms with E-state index in [-0.39, 0.29) is 17.6 Å². The van der Waals surface area contributed by atoms with Crippen molar-refractivity contribution in [2.24, 2.45) is 0 Å². The van der Waals surface area contributed by atoms with Gasteiger partial charge in [0.25, 0.3) is 0 Å². The van der Waals surface area contributed by atoms with Crippen LogP contribution in [0.1, 0.15) is 11.1 Å². The number of fused-ring (bicyclic) bond motifs is 1. The fourth-order valence-electron chi connectivity index (χ4n) is 2.49. The summed E-state index contributed by atoms with van der Waals surface area (Å²) in [6.07, 6.45) is 0.742. The molecule has 2 N–H and O–H groups in total. The molecule has 0 spiro atoms. The highest BCUT2D eigenvalue weighted by molar-refractivity contribution is 5.89. The standard InChI is InChI=1S/C16H15FN2O2/c17-13-2-1-3-14(9-13)18-16(21)19-7-6-11-4-5-15(20)8-12(11)10-19/h1-5,8-9,20H,6-7,10H2,(H,18,21). The maximum atomic E-state index is 13.1. The molecule has 0 atom stereocenters. The van der Waals surface area contributed by atoms with Gasteiger partial charge in [0.15, 0.2) is 0 Å². The molecule has 3 rings (SSSR count). The van der Waals surface area contributed by atoms with Crippen LogP contribution in [0.25, 0.3) is 0 Å². The second-order valence-electron chi connectivity index (χ2n) is 5.07. The maximum Gasteiger partial charge on any atom is 0.322 e. The number of halogens is 1. The van der Waals surface area contributed by atoms with Crippen LogP contribution in [0.4, 0.5) is 14.9 Å². The molecule has 4 nitrogen and oxygen atoms in total. The molecule has 1 aliphatic rings. The van der Waals surface area contributed by atoms with Gasteiger partial charge < -0.3 is 15.3 Å². The summed E-state index contributed by atoms with van der Waals surface area (Å²) in [6.45, 7) is 1.03. The van der Waals surface area contributed by atoms with Gasteiger partial charge in [-0.2, -0.15) is 0 Å². The van der Waals surface area contributed by atoms with Crippen LogP contribution >= 0.6 is 0 Å². The lowest BCUT2D eigenvalue weighted by Gasteiger charge is -2.29. The number of nitrogens with zero attached hydrogens (tertiary/aromatic N) is 1. The smallest absolute Gasteiger partial charge is 0.322 e. The Hall–Kier alpha value is -2.56. The number of anilines is 1. The van der Waals surface area contributed by atoms with E-state index in [1.807, 2.05) is 6.07 Å². The zero-order chi connectivity index (χ0) is 14.8. The minimum absolute atomic E-state index is 0.195. The van der Waals surface area contributed by atoms with Gasteiger partial charge in [0, 0.05) is 18.8 Å². The number of phenolic OH excluding ortho intramolecular Hbond substituents is 1. The number of rotatable bonds is 1. The Morgan fingerprint density at radius 3 is 2.86 bits per heavy atom. The number of hydrogen-bond donors (Lipinski definition) is 2. The molecule has 0 fully saturated rings. The number of amides is 2. The van der Waals surface area contributed by atoms with E-state index in [2.05, 4.69) is 5.32 Å². The number of carbonyl (C=O) groups excluding carboxylic acids is 1. The highest BCUT2D eigenvalue weighted by Gasteiger charge is 2.21. The third kappa shape index (κ3) is 2.97. The Bertz CT molecular complexity index is 688. The van der Waals surface area contributed by atoms with E-state index in [9.17, 15) is 14.3 Å². The number of benzene rings is 2. The van der Waals surface area contributed by atoms with Crippen LogP contribution in [0, 0.1) is 5.82 Å². The van der Waals surface area contributed by atoms with E-state index < -0.39 is 0 Å². The van der Waals surface area contributed by atoms with Crippen LogP contribution in [0.3, 0.4) is 0 Å². The lowest BCUT2D eigenvalue weighted by Crippen LogP contribution is -2.38. The zero-order valence-corrected chi connectivity index (χ0v) is 11.3. The van der Waals surface area contributed by atoms with Crippen LogP contribution in [-0.2, 0) is 13.0 Å². The van der Waals surface area contributed by atoms with E-state index in [1.54, 1.807) is 29.2 Å². The van der Waals surface area contributed by atoms with Crippen molar-refractivity contribution < 1.29 is 14.3 Å². The molecule has 1 aliphatic heterocycles. The molecular weight excluding hydrogens is 271 g/mol. The predicted molar refractivity (Wildman–Crippen MR) is 77.6 cm³/mol. The highest BCUT2D eigenvalue weighted by atomic mass is 19.1. The number of hydrogen-bond acceptors (Lipinski definition) is 2. The molecule has 2 aromatic rings. The summed E-state index contributed by atoms with van der Waals surface area (Å²) >= 11 is 0. The SMILES string of the molecule is O=C(Nc1cccc(F)c1)N1CCc2ccc(O)cc2C1. The summed E-state index contributed by atoms with van der Waals surface area (Å²) in [4.78, 5) is 13.8. The van der Waals surface area contributed by atoms with Gasteiger partial charge in [-0.15, -0.1) is 0 Å². The van der Waals surface area contributed by atoms with Crippen molar-refractivity contribution in [3.63, 3.8) is 0 Å². The average molecular weight is 286 g/mol. The Morgan fingerprint density at radius 2 is 2.05 bits per heavy atom. The molecule has 0 unspecified atom stereocenters. The van der Waals surface area contributed by atoms with Crippen LogP contribution in [-0.4, -0.2) is 22.6 Å². The summed E-state index contributed by atoms with van der Waals surface area (Å²) in [5.74, 6) is -0.192. The average Bonchev–Trinajstić information content (AvgIpc) is 2.46. The topological polar surface area (TPSA) is 52.6 Å². The quantitative estimate of drug-likeness (QED) is 0.846. The monoisotopic (exact) mass is 286 g/mol. The summed E-state index contributed by atoms with van der Waals surface area (Å²) in [5, 5.41) is 12.2. The van der Waals surface area contributed by atoms with E-state index in [0.717, 1.165) is 17.5 Å². The van der Waals surface area contributed by atoms with Gasteiger partial charge in [-0.25, -0.2) is 9.18 Å². The third-order valence-electron chi connectivity index (χ3n) is 3.57. The third-order valence-corrected chi connectivity index (χ3v) is 3.57. The van der Waals surface area contributed by atoms with E-state index >= 15 is 0 Å². The molecule has 21 heavy (non-hydrogen) atoms. The Balaban J connectivity index is 1.72. The minimum atomic E-state index is -0.387. The van der Waals surface area contributed by atoms with Crippen molar-refractivity contribution in [2.45, 2.75) is 13.0 Å². The largest absolute Gasteiger partial charge is 0.508 e. The van der Waals surface area contributed by atoms with Crippen molar-refractivity contribution in [1.82, 2.24) is 4.90 Å². The molecule has 0 bridgehead atoms. The summed E-state index contributed by atoms with van der Waals surface area (Å²) in [5.41, 5.74) is 2.51. The summed E-state index contributed by atoms with van der Waals surface area (Å²) in [7, 11) is 0. The first-order chi connectivity index (χ1) is 10.1. The summed E-state index contributed by atoms with van der Waals surface area (Å²) < 4.78 is 13.1. The van der Waals surface area contributed by atoms with Gasteiger partial charge in [0.05, 0.1) is 0 Å². The molecule has 5 heteroatoms. The van der Waals surface area contributed by atoms with Gasteiger partial charge in [-0.1, -0.05) is 12.1 Å². The van der Waals surface area contributed by atoms with E-state index in [4.69, 9.17) is 0 Å². The van der Waals surface area contributed by atoms with Gasteiger partial charge in [-0.05, 0) is 47.9 Å². The van der Waals surface area contributed by atoms with Crippen molar-refractivity contribution in [3.05, 3.63) is 59.4 Å². The minimum Gasteiger partial charge on any atom is -0.508 e. The molecule has 108 valence electrons. The molecule has 0 saturated heterocycles. The molecule has 0 saturated carbocycles. The first kappa shape index (κ1) is 13.4. The second-order valence-corrected chi connectivity index (χ2v) is 5.07. The molecule has 0 aromatic heterocycles. The zero-order valence-electron chi connectivity index (χ0n) is 11.3. The summed E-state index contributed by atoms with van der Waals surface area (Å²) in [6, 6.07) is 10.7. The first-order valence-corrected chi connectivity index (χ1v) is 6.74. The molecule has 2 aromatic carbocycles. The lowest BCUT2D eigenvalue weighted by molar-refractivity contribution is 0.206. The molecule has 1 heterocycles. The van der Waals surface area contributed by atoms with Crippen molar-refractivity contribution >= 4 is 11.7 Å². The maximum absolute atomic E-state index is 13.1. The van der Waals surface area contributed by atoms with Crippen LogP contribution in [0.5, 0.6) is 5.75 Å². The molecule has 0 radical (unpaired) electrons. The first-order valence-electron chi connectivity index (χ1n) is 6.74. The van der Waals surface area contributed by atoms with Crippen molar-refractivity contribution in [2.75, 3.05) is 11.9 Å². The van der Waals surface area contributed by atoms with E-state index in [0.29, 0.717) is 18.8 Å². The van der Waals surface area contributed by atoms with Crippen LogP contribution < -0.4 is 5.32 Å². The van der Waals surface area contributed by atoms with Crippen LogP contribution in [0.2, 0.25) is 0 Å². The Labute approximate surface area is 121 Å². The van der Waals surface area contributed by atoms with Gasteiger partial charge in [-0.3, -0.25) is 0 Å². The number of carbonyl (C=O) groups is 1. The molecular formula is C16H15FN2O2.